The Hall–Kier alpha value is -5.36. The van der Waals surface area contributed by atoms with Crippen LogP contribution in [-0.2, 0) is 0 Å². The van der Waals surface area contributed by atoms with Crippen LogP contribution < -0.4 is 15.8 Å². The van der Waals surface area contributed by atoms with Crippen LogP contribution >= 0.6 is 0 Å². The first-order valence-corrected chi connectivity index (χ1v) is 14.5. The molecular weight excluding hydrogens is 556 g/mol. The van der Waals surface area contributed by atoms with Gasteiger partial charge in [0.2, 0.25) is 5.95 Å². The Kier molecular flexibility index (Phi) is 6.70. The van der Waals surface area contributed by atoms with Crippen LogP contribution in [0.3, 0.4) is 0 Å². The Morgan fingerprint density at radius 1 is 0.955 bits per heavy atom. The summed E-state index contributed by atoms with van der Waals surface area (Å²) in [7, 11) is 5.53. The molecule has 0 saturated carbocycles. The van der Waals surface area contributed by atoms with Crippen molar-refractivity contribution in [2.24, 2.45) is 0 Å². The number of nitrogens with zero attached hydrogens (tertiary/aromatic N) is 9. The number of aromatic nitrogens is 6. The lowest BCUT2D eigenvalue weighted by molar-refractivity contribution is 0.0829. The van der Waals surface area contributed by atoms with E-state index >= 15 is 0 Å². The molecule has 2 aromatic carbocycles. The fourth-order valence-electron chi connectivity index (χ4n) is 5.82. The standard InChI is InChI=1S/C32H32N10O2/c1-20-18-21(11-12-24(20)40-16-14-39(4)15-17-40)35-32-34-19-23-28(37-32)36-29-27-22(30(43)38(2)3)8-7-9-25(27)41(42(29)31(23)44)26-10-5-6-13-33-26/h5-13,18-19H,14-17H2,1-4H3,(H,34,35,37). The van der Waals surface area contributed by atoms with Crippen LogP contribution in [-0.4, -0.2) is 92.2 Å². The van der Waals surface area contributed by atoms with E-state index in [1.807, 2.05) is 18.2 Å². The summed E-state index contributed by atoms with van der Waals surface area (Å²) in [4.78, 5) is 52.0. The van der Waals surface area contributed by atoms with Gasteiger partial charge in [-0.15, -0.1) is 0 Å². The molecule has 0 spiro atoms. The maximum Gasteiger partial charge on any atom is 0.284 e. The Balaban J connectivity index is 1.35. The van der Waals surface area contributed by atoms with Crippen molar-refractivity contribution in [1.82, 2.24) is 38.9 Å². The molecule has 0 aliphatic carbocycles. The monoisotopic (exact) mass is 588 g/mol. The number of carbonyl (C=O) groups excluding carboxylic acids is 1. The van der Waals surface area contributed by atoms with Gasteiger partial charge in [0, 0.05) is 64.0 Å². The van der Waals surface area contributed by atoms with Gasteiger partial charge in [0.05, 0.1) is 16.5 Å². The molecule has 4 aromatic heterocycles. The molecule has 1 aliphatic rings. The lowest BCUT2D eigenvalue weighted by Gasteiger charge is -2.35. The van der Waals surface area contributed by atoms with Gasteiger partial charge in [-0.2, -0.15) is 9.50 Å². The van der Waals surface area contributed by atoms with Crippen LogP contribution in [0, 0.1) is 6.92 Å². The quantitative estimate of drug-likeness (QED) is 0.323. The summed E-state index contributed by atoms with van der Waals surface area (Å²) >= 11 is 0. The van der Waals surface area contributed by atoms with Gasteiger partial charge in [0.1, 0.15) is 5.39 Å². The summed E-state index contributed by atoms with van der Waals surface area (Å²) in [6, 6.07) is 17.0. The molecule has 1 fully saturated rings. The van der Waals surface area contributed by atoms with Crippen LogP contribution in [0.15, 0.2) is 71.8 Å². The van der Waals surface area contributed by atoms with Crippen LogP contribution in [0.1, 0.15) is 15.9 Å². The highest BCUT2D eigenvalue weighted by Gasteiger charge is 2.24. The number of piperazine rings is 1. The van der Waals surface area contributed by atoms with Gasteiger partial charge < -0.3 is 20.0 Å². The number of carbonyl (C=O) groups is 1. The lowest BCUT2D eigenvalue weighted by atomic mass is 10.1. The van der Waals surface area contributed by atoms with Gasteiger partial charge in [0.25, 0.3) is 11.5 Å². The SMILES string of the molecule is Cc1cc(Nc2ncc3c(=O)n4c(nc3n2)c2c(C(=O)N(C)C)cccc2n4-c2ccccn2)ccc1N1CCN(C)CC1. The first-order valence-electron chi connectivity index (χ1n) is 14.5. The largest absolute Gasteiger partial charge is 0.369 e. The molecule has 1 aliphatic heterocycles. The van der Waals surface area contributed by atoms with Crippen molar-refractivity contribution < 1.29 is 4.79 Å². The van der Waals surface area contributed by atoms with Gasteiger partial charge in [0.15, 0.2) is 17.1 Å². The summed E-state index contributed by atoms with van der Waals surface area (Å²) in [5, 5.41) is 4.07. The second-order valence-corrected chi connectivity index (χ2v) is 11.3. The van der Waals surface area contributed by atoms with Crippen molar-refractivity contribution in [3.8, 4) is 5.82 Å². The number of fused-ring (bicyclic) bond motifs is 4. The molecule has 1 saturated heterocycles. The zero-order chi connectivity index (χ0) is 30.5. The van der Waals surface area contributed by atoms with E-state index in [1.54, 1.807) is 49.2 Å². The van der Waals surface area contributed by atoms with E-state index in [4.69, 9.17) is 4.98 Å². The normalized spacial score (nSPS) is 14.0. The molecule has 1 amide bonds. The number of nitrogens with one attached hydrogen (secondary N) is 1. The highest BCUT2D eigenvalue weighted by Crippen LogP contribution is 2.29. The molecule has 5 heterocycles. The van der Waals surface area contributed by atoms with E-state index < -0.39 is 0 Å². The zero-order valence-corrected chi connectivity index (χ0v) is 25.0. The molecule has 0 radical (unpaired) electrons. The smallest absolute Gasteiger partial charge is 0.284 e. The maximum atomic E-state index is 14.1. The minimum absolute atomic E-state index is 0.203. The Labute approximate surface area is 253 Å². The summed E-state index contributed by atoms with van der Waals surface area (Å²) in [6.45, 7) is 6.16. The molecule has 222 valence electrons. The lowest BCUT2D eigenvalue weighted by Crippen LogP contribution is -2.44. The van der Waals surface area contributed by atoms with Crippen molar-refractivity contribution in [1.29, 1.82) is 0 Å². The number of amides is 1. The number of pyridine rings is 1. The first-order chi connectivity index (χ1) is 21.3. The number of rotatable bonds is 5. The van der Waals surface area contributed by atoms with Gasteiger partial charge in [-0.25, -0.2) is 19.6 Å². The molecule has 0 unspecified atom stereocenters. The van der Waals surface area contributed by atoms with E-state index in [0.717, 1.165) is 37.4 Å². The number of hydrogen-bond acceptors (Lipinski definition) is 9. The number of aryl methyl sites for hydroxylation is 1. The van der Waals surface area contributed by atoms with Crippen molar-refractivity contribution in [2.45, 2.75) is 6.92 Å². The average Bonchev–Trinajstić information content (AvgIpc) is 3.36. The predicted molar refractivity (Wildman–Crippen MR) is 171 cm³/mol. The molecular formula is C32H32N10O2. The van der Waals surface area contributed by atoms with Crippen molar-refractivity contribution >= 4 is 50.8 Å². The van der Waals surface area contributed by atoms with Crippen molar-refractivity contribution in [3.63, 3.8) is 0 Å². The van der Waals surface area contributed by atoms with E-state index in [2.05, 4.69) is 56.2 Å². The van der Waals surface area contributed by atoms with Crippen LogP contribution in [0.4, 0.5) is 17.3 Å². The summed E-state index contributed by atoms with van der Waals surface area (Å²) < 4.78 is 3.13. The summed E-state index contributed by atoms with van der Waals surface area (Å²) in [6.07, 6.45) is 3.14. The summed E-state index contributed by atoms with van der Waals surface area (Å²) in [5.74, 6) is 0.629. The van der Waals surface area contributed by atoms with Crippen LogP contribution in [0.25, 0.3) is 33.4 Å². The van der Waals surface area contributed by atoms with E-state index in [9.17, 15) is 9.59 Å². The predicted octanol–water partition coefficient (Wildman–Crippen LogP) is 3.48. The molecule has 44 heavy (non-hydrogen) atoms. The zero-order valence-electron chi connectivity index (χ0n) is 25.0. The van der Waals surface area contributed by atoms with Crippen LogP contribution in [0.5, 0.6) is 0 Å². The number of hydrogen-bond donors (Lipinski definition) is 1. The molecule has 1 N–H and O–H groups in total. The van der Waals surface area contributed by atoms with Gasteiger partial charge in [-0.1, -0.05) is 12.1 Å². The second-order valence-electron chi connectivity index (χ2n) is 11.3. The molecule has 6 aromatic rings. The van der Waals surface area contributed by atoms with Gasteiger partial charge in [-0.05, 0) is 62.0 Å². The number of benzene rings is 2. The van der Waals surface area contributed by atoms with Crippen molar-refractivity contribution in [2.75, 3.05) is 57.5 Å². The highest BCUT2D eigenvalue weighted by atomic mass is 16.2. The Morgan fingerprint density at radius 3 is 2.50 bits per heavy atom. The fraction of sp³-hybridized carbons (Fsp3) is 0.250. The number of likely N-dealkylation sites (N-methyl/N-ethyl adjacent to an activating group) is 1. The minimum Gasteiger partial charge on any atom is -0.369 e. The molecule has 7 rings (SSSR count). The molecule has 12 heteroatoms. The topological polar surface area (TPSA) is 117 Å². The van der Waals surface area contributed by atoms with E-state index in [-0.39, 0.29) is 22.5 Å². The maximum absolute atomic E-state index is 14.1. The molecule has 0 bridgehead atoms. The third kappa shape index (κ3) is 4.60. The number of anilines is 3. The van der Waals surface area contributed by atoms with Crippen LogP contribution in [0.2, 0.25) is 0 Å². The highest BCUT2D eigenvalue weighted by molar-refractivity contribution is 6.12. The van der Waals surface area contributed by atoms with Gasteiger partial charge in [-0.3, -0.25) is 9.59 Å². The first kappa shape index (κ1) is 27.5. The second kappa shape index (κ2) is 10.7. The molecule has 0 atom stereocenters. The third-order valence-electron chi connectivity index (χ3n) is 8.10. The van der Waals surface area contributed by atoms with Crippen molar-refractivity contribution in [3.05, 3.63) is 88.5 Å². The van der Waals surface area contributed by atoms with E-state index in [0.29, 0.717) is 33.9 Å². The third-order valence-corrected chi connectivity index (χ3v) is 8.10. The van der Waals surface area contributed by atoms with E-state index in [1.165, 1.54) is 21.3 Å². The average molecular weight is 589 g/mol. The minimum atomic E-state index is -0.367. The molecule has 12 nitrogen and oxygen atoms in total. The summed E-state index contributed by atoms with van der Waals surface area (Å²) in [5.41, 5.74) is 4.42. The van der Waals surface area contributed by atoms with Gasteiger partial charge >= 0.3 is 0 Å². The fourth-order valence-corrected chi connectivity index (χ4v) is 5.82. The Bertz CT molecular complexity index is 2110. The Morgan fingerprint density at radius 2 is 1.77 bits per heavy atom.